The molecule has 0 radical (unpaired) electrons. The standard InChI is InChI=1S/C17H18N4S/c1-10-6-5-7-11(2)16(10)14-9-18-17(22-14)21-15-8-12(3)19-13(4)20-15/h5-9H,1-4H3,(H,18,19,20,21). The fourth-order valence-corrected chi connectivity index (χ4v) is 3.54. The molecule has 0 aliphatic rings. The maximum atomic E-state index is 4.48. The van der Waals surface area contributed by atoms with Crippen LogP contribution in [0.15, 0.2) is 30.5 Å². The summed E-state index contributed by atoms with van der Waals surface area (Å²) in [6.07, 6.45) is 1.92. The Hall–Kier alpha value is -2.27. The van der Waals surface area contributed by atoms with Gasteiger partial charge >= 0.3 is 0 Å². The zero-order valence-corrected chi connectivity index (χ0v) is 14.0. The molecule has 4 nitrogen and oxygen atoms in total. The Labute approximate surface area is 134 Å². The summed E-state index contributed by atoms with van der Waals surface area (Å²) in [5, 5.41) is 4.11. The van der Waals surface area contributed by atoms with E-state index in [9.17, 15) is 0 Å². The molecule has 0 fully saturated rings. The Morgan fingerprint density at radius 3 is 2.41 bits per heavy atom. The van der Waals surface area contributed by atoms with Crippen molar-refractivity contribution in [2.75, 3.05) is 5.32 Å². The summed E-state index contributed by atoms with van der Waals surface area (Å²) >= 11 is 1.64. The molecular weight excluding hydrogens is 292 g/mol. The lowest BCUT2D eigenvalue weighted by atomic mass is 10.0. The maximum absolute atomic E-state index is 4.48. The van der Waals surface area contributed by atoms with E-state index in [1.165, 1.54) is 21.6 Å². The van der Waals surface area contributed by atoms with Gasteiger partial charge in [-0.25, -0.2) is 15.0 Å². The number of hydrogen-bond acceptors (Lipinski definition) is 5. The molecule has 22 heavy (non-hydrogen) atoms. The minimum Gasteiger partial charge on any atom is -0.316 e. The molecule has 1 N–H and O–H groups in total. The molecule has 0 bridgehead atoms. The van der Waals surface area contributed by atoms with Gasteiger partial charge in [0, 0.05) is 18.0 Å². The van der Waals surface area contributed by atoms with E-state index in [2.05, 4.69) is 52.3 Å². The highest BCUT2D eigenvalue weighted by molar-refractivity contribution is 7.19. The van der Waals surface area contributed by atoms with Gasteiger partial charge < -0.3 is 5.32 Å². The van der Waals surface area contributed by atoms with Crippen LogP contribution < -0.4 is 5.32 Å². The molecule has 3 rings (SSSR count). The average Bonchev–Trinajstić information content (AvgIpc) is 2.85. The third-order valence-electron chi connectivity index (χ3n) is 3.43. The van der Waals surface area contributed by atoms with Crippen LogP contribution in [0.3, 0.4) is 0 Å². The topological polar surface area (TPSA) is 50.7 Å². The number of aromatic nitrogens is 3. The quantitative estimate of drug-likeness (QED) is 0.769. The van der Waals surface area contributed by atoms with Crippen LogP contribution in [0.25, 0.3) is 10.4 Å². The summed E-state index contributed by atoms with van der Waals surface area (Å²) < 4.78 is 0. The lowest BCUT2D eigenvalue weighted by Gasteiger charge is -2.06. The molecule has 112 valence electrons. The molecule has 3 aromatic rings. The van der Waals surface area contributed by atoms with Gasteiger partial charge in [0.15, 0.2) is 5.13 Å². The molecule has 0 amide bonds. The minimum atomic E-state index is 0.758. The summed E-state index contributed by atoms with van der Waals surface area (Å²) in [4.78, 5) is 14.3. The van der Waals surface area contributed by atoms with Crippen molar-refractivity contribution < 1.29 is 0 Å². The second kappa shape index (κ2) is 5.85. The van der Waals surface area contributed by atoms with Crippen molar-refractivity contribution in [1.82, 2.24) is 15.0 Å². The predicted molar refractivity (Wildman–Crippen MR) is 91.8 cm³/mol. The maximum Gasteiger partial charge on any atom is 0.188 e. The molecule has 0 spiro atoms. The van der Waals surface area contributed by atoms with E-state index in [-0.39, 0.29) is 0 Å². The van der Waals surface area contributed by atoms with Gasteiger partial charge in [-0.15, -0.1) is 0 Å². The number of anilines is 2. The molecule has 0 aliphatic carbocycles. The number of nitrogens with zero attached hydrogens (tertiary/aromatic N) is 3. The molecule has 0 unspecified atom stereocenters. The minimum absolute atomic E-state index is 0.758. The van der Waals surface area contributed by atoms with E-state index in [4.69, 9.17) is 0 Å². The van der Waals surface area contributed by atoms with Crippen LogP contribution in [0.2, 0.25) is 0 Å². The number of aryl methyl sites for hydroxylation is 4. The number of hydrogen-bond donors (Lipinski definition) is 1. The smallest absolute Gasteiger partial charge is 0.188 e. The highest BCUT2D eigenvalue weighted by atomic mass is 32.1. The lowest BCUT2D eigenvalue weighted by molar-refractivity contribution is 1.01. The first kappa shape index (κ1) is 14.7. The third kappa shape index (κ3) is 2.99. The van der Waals surface area contributed by atoms with Crippen LogP contribution in [0.5, 0.6) is 0 Å². The Bertz CT molecular complexity index is 783. The van der Waals surface area contributed by atoms with E-state index < -0.39 is 0 Å². The van der Waals surface area contributed by atoms with E-state index in [0.717, 1.165) is 22.5 Å². The van der Waals surface area contributed by atoms with Crippen LogP contribution in [0, 0.1) is 27.7 Å². The van der Waals surface area contributed by atoms with Crippen molar-refractivity contribution in [2.45, 2.75) is 27.7 Å². The SMILES string of the molecule is Cc1cc(Nc2ncc(-c3c(C)cccc3C)s2)nc(C)n1. The normalized spacial score (nSPS) is 10.7. The summed E-state index contributed by atoms with van der Waals surface area (Å²) in [6.45, 7) is 8.12. The Morgan fingerprint density at radius 2 is 1.73 bits per heavy atom. The summed E-state index contributed by atoms with van der Waals surface area (Å²) in [5.74, 6) is 1.54. The van der Waals surface area contributed by atoms with Crippen molar-refractivity contribution in [2.24, 2.45) is 0 Å². The van der Waals surface area contributed by atoms with Crippen LogP contribution in [-0.4, -0.2) is 15.0 Å². The zero-order chi connectivity index (χ0) is 15.7. The molecule has 0 saturated carbocycles. The summed E-state index contributed by atoms with van der Waals surface area (Å²) in [6, 6.07) is 8.27. The number of rotatable bonds is 3. The van der Waals surface area contributed by atoms with Crippen molar-refractivity contribution >= 4 is 22.3 Å². The molecule has 0 atom stereocenters. The summed E-state index contributed by atoms with van der Waals surface area (Å²) in [5.41, 5.74) is 4.75. The molecule has 0 aliphatic heterocycles. The first-order valence-corrected chi connectivity index (χ1v) is 7.96. The van der Waals surface area contributed by atoms with Crippen LogP contribution in [-0.2, 0) is 0 Å². The molecule has 0 saturated heterocycles. The van der Waals surface area contributed by atoms with Crippen molar-refractivity contribution in [1.29, 1.82) is 0 Å². The average molecular weight is 310 g/mol. The van der Waals surface area contributed by atoms with Gasteiger partial charge in [0.1, 0.15) is 11.6 Å². The molecular formula is C17H18N4S. The third-order valence-corrected chi connectivity index (χ3v) is 4.36. The Kier molecular flexibility index (Phi) is 3.90. The van der Waals surface area contributed by atoms with Gasteiger partial charge in [0.05, 0.1) is 4.88 Å². The monoisotopic (exact) mass is 310 g/mol. The fourth-order valence-electron chi connectivity index (χ4n) is 2.54. The van der Waals surface area contributed by atoms with Crippen molar-refractivity contribution in [3.63, 3.8) is 0 Å². The van der Waals surface area contributed by atoms with Crippen molar-refractivity contribution in [3.8, 4) is 10.4 Å². The Morgan fingerprint density at radius 1 is 1.00 bits per heavy atom. The van der Waals surface area contributed by atoms with E-state index in [1.807, 2.05) is 26.1 Å². The zero-order valence-electron chi connectivity index (χ0n) is 13.1. The molecule has 5 heteroatoms. The van der Waals surface area contributed by atoms with Gasteiger partial charge in [0.25, 0.3) is 0 Å². The van der Waals surface area contributed by atoms with Gasteiger partial charge in [0.2, 0.25) is 0 Å². The van der Waals surface area contributed by atoms with E-state index in [0.29, 0.717) is 0 Å². The van der Waals surface area contributed by atoms with Gasteiger partial charge in [-0.2, -0.15) is 0 Å². The lowest BCUT2D eigenvalue weighted by Crippen LogP contribution is -1.98. The molecule has 2 aromatic heterocycles. The Balaban J connectivity index is 1.91. The fraction of sp³-hybridized carbons (Fsp3) is 0.235. The predicted octanol–water partition coefficient (Wildman–Crippen LogP) is 4.58. The first-order chi connectivity index (χ1) is 10.5. The van der Waals surface area contributed by atoms with Crippen molar-refractivity contribution in [3.05, 3.63) is 53.1 Å². The number of nitrogens with one attached hydrogen (secondary N) is 1. The largest absolute Gasteiger partial charge is 0.316 e. The van der Waals surface area contributed by atoms with Gasteiger partial charge in [-0.1, -0.05) is 29.5 Å². The number of benzene rings is 1. The second-order valence-corrected chi connectivity index (χ2v) is 6.39. The van der Waals surface area contributed by atoms with E-state index >= 15 is 0 Å². The summed E-state index contributed by atoms with van der Waals surface area (Å²) in [7, 11) is 0. The first-order valence-electron chi connectivity index (χ1n) is 7.14. The van der Waals surface area contributed by atoms with Gasteiger partial charge in [-0.05, 0) is 44.4 Å². The van der Waals surface area contributed by atoms with E-state index in [1.54, 1.807) is 11.3 Å². The molecule has 2 heterocycles. The van der Waals surface area contributed by atoms with Crippen LogP contribution >= 0.6 is 11.3 Å². The van der Waals surface area contributed by atoms with Gasteiger partial charge in [-0.3, -0.25) is 0 Å². The highest BCUT2D eigenvalue weighted by Crippen LogP contribution is 2.34. The number of thiazole rings is 1. The second-order valence-electron chi connectivity index (χ2n) is 5.36. The van der Waals surface area contributed by atoms with Crippen LogP contribution in [0.4, 0.5) is 10.9 Å². The molecule has 1 aromatic carbocycles. The van der Waals surface area contributed by atoms with Crippen LogP contribution in [0.1, 0.15) is 22.6 Å². The highest BCUT2D eigenvalue weighted by Gasteiger charge is 2.10.